The summed E-state index contributed by atoms with van der Waals surface area (Å²) in [7, 11) is 0. The van der Waals surface area contributed by atoms with E-state index in [-0.39, 0.29) is 29.2 Å². The monoisotopic (exact) mass is 560 g/mol. The van der Waals surface area contributed by atoms with E-state index in [1.54, 1.807) is 55.5 Å². The molecule has 0 radical (unpaired) electrons. The Balaban J connectivity index is 1.58. The fourth-order valence-electron chi connectivity index (χ4n) is 4.09. The Labute approximate surface area is 231 Å². The zero-order valence-electron chi connectivity index (χ0n) is 20.6. The molecule has 196 valence electrons. The maximum atomic E-state index is 13.7. The average Bonchev–Trinajstić information content (AvgIpc) is 3.57. The van der Waals surface area contributed by atoms with E-state index in [2.05, 4.69) is 11.6 Å². The molecule has 0 bridgehead atoms. The Morgan fingerprint density at radius 3 is 2.54 bits per heavy atom. The predicted octanol–water partition coefficient (Wildman–Crippen LogP) is 4.43. The van der Waals surface area contributed by atoms with Gasteiger partial charge >= 0.3 is 11.9 Å². The largest absolute Gasteiger partial charge is 0.458 e. The Kier molecular flexibility index (Phi) is 7.44. The van der Waals surface area contributed by atoms with E-state index in [1.165, 1.54) is 34.3 Å². The fraction of sp³-hybridized carbons (Fsp3) is 0.103. The molecule has 0 spiro atoms. The van der Waals surface area contributed by atoms with Crippen molar-refractivity contribution in [1.82, 2.24) is 4.57 Å². The highest BCUT2D eigenvalue weighted by atomic mass is 35.5. The lowest BCUT2D eigenvalue weighted by atomic mass is 9.96. The van der Waals surface area contributed by atoms with Crippen LogP contribution in [0, 0.1) is 0 Å². The number of allylic oxidation sites excluding steroid dienone is 1. The van der Waals surface area contributed by atoms with Crippen molar-refractivity contribution in [2.45, 2.75) is 13.0 Å². The summed E-state index contributed by atoms with van der Waals surface area (Å²) in [5.74, 6) is -0.918. The summed E-state index contributed by atoms with van der Waals surface area (Å²) in [6.45, 7) is 5.30. The molecule has 8 nitrogen and oxygen atoms in total. The fourth-order valence-corrected chi connectivity index (χ4v) is 5.26. The van der Waals surface area contributed by atoms with E-state index in [0.717, 1.165) is 5.56 Å². The van der Waals surface area contributed by atoms with Crippen LogP contribution in [0.5, 0.6) is 5.75 Å². The van der Waals surface area contributed by atoms with Gasteiger partial charge in [-0.1, -0.05) is 59.9 Å². The number of hydrogen-bond acceptors (Lipinski definition) is 8. The molecule has 10 heteroatoms. The van der Waals surface area contributed by atoms with Gasteiger partial charge < -0.3 is 13.9 Å². The molecule has 0 saturated heterocycles. The van der Waals surface area contributed by atoms with Crippen LogP contribution >= 0.6 is 22.9 Å². The third-order valence-electron chi connectivity index (χ3n) is 5.87. The zero-order chi connectivity index (χ0) is 27.5. The van der Waals surface area contributed by atoms with Crippen LogP contribution in [0.15, 0.2) is 105 Å². The summed E-state index contributed by atoms with van der Waals surface area (Å²) >= 11 is 7.22. The molecule has 39 heavy (non-hydrogen) atoms. The Morgan fingerprint density at radius 2 is 1.87 bits per heavy atom. The third kappa shape index (κ3) is 5.41. The van der Waals surface area contributed by atoms with E-state index < -0.39 is 18.0 Å². The number of carbonyl (C=O) groups excluding carboxylic acids is 2. The minimum Gasteiger partial charge on any atom is -0.458 e. The van der Waals surface area contributed by atoms with Gasteiger partial charge in [-0.15, -0.1) is 0 Å². The summed E-state index contributed by atoms with van der Waals surface area (Å²) in [4.78, 5) is 44.1. The van der Waals surface area contributed by atoms with Crippen LogP contribution in [0.1, 0.15) is 34.6 Å². The second kappa shape index (κ2) is 11.1. The van der Waals surface area contributed by atoms with Crippen molar-refractivity contribution in [3.63, 3.8) is 0 Å². The molecular weight excluding hydrogens is 540 g/mol. The third-order valence-corrected chi connectivity index (χ3v) is 7.11. The number of esters is 2. The quantitative estimate of drug-likeness (QED) is 0.188. The van der Waals surface area contributed by atoms with Crippen molar-refractivity contribution >= 4 is 41.0 Å². The number of thiazole rings is 1. The van der Waals surface area contributed by atoms with E-state index in [9.17, 15) is 14.4 Å². The number of hydrogen-bond donors (Lipinski definition) is 0. The Morgan fingerprint density at radius 1 is 1.13 bits per heavy atom. The molecule has 1 atom stereocenters. The molecule has 0 unspecified atom stereocenters. The number of benzene rings is 2. The first-order valence-electron chi connectivity index (χ1n) is 11.8. The van der Waals surface area contributed by atoms with Crippen molar-refractivity contribution in [2.75, 3.05) is 6.61 Å². The number of nitrogens with zero attached hydrogens (tertiary/aromatic N) is 2. The number of ether oxygens (including phenoxy) is 2. The molecule has 2 aromatic carbocycles. The topological polar surface area (TPSA) is 100 Å². The molecule has 5 rings (SSSR count). The van der Waals surface area contributed by atoms with Gasteiger partial charge in [0.15, 0.2) is 4.80 Å². The molecule has 0 fully saturated rings. The molecular formula is C29H21ClN2O6S. The van der Waals surface area contributed by atoms with Gasteiger partial charge in [0.05, 0.1) is 28.1 Å². The maximum absolute atomic E-state index is 13.7. The normalized spacial score (nSPS) is 14.9. The first kappa shape index (κ1) is 26.1. The van der Waals surface area contributed by atoms with Crippen LogP contribution in [-0.4, -0.2) is 23.1 Å². The SMILES string of the molecule is C=CCOC(=O)C1=C(C)N=c2s/c(=C/c3ccc(Cl)cc3)c(=O)n2[C@H]1c1ccc(OC(=O)c2ccco2)cc1. The van der Waals surface area contributed by atoms with Crippen molar-refractivity contribution in [1.29, 1.82) is 0 Å². The van der Waals surface area contributed by atoms with Crippen molar-refractivity contribution < 1.29 is 23.5 Å². The summed E-state index contributed by atoms with van der Waals surface area (Å²) in [5.41, 5.74) is 1.75. The van der Waals surface area contributed by atoms with Gasteiger partial charge in [-0.2, -0.15) is 0 Å². The lowest BCUT2D eigenvalue weighted by Crippen LogP contribution is -2.39. The molecule has 0 saturated carbocycles. The van der Waals surface area contributed by atoms with Crippen molar-refractivity contribution in [3.8, 4) is 5.75 Å². The molecule has 0 aliphatic carbocycles. The van der Waals surface area contributed by atoms with Crippen molar-refractivity contribution in [3.05, 3.63) is 132 Å². The average molecular weight is 561 g/mol. The van der Waals surface area contributed by atoms with Gasteiger partial charge in [-0.25, -0.2) is 14.6 Å². The number of halogens is 1. The van der Waals surface area contributed by atoms with Gasteiger partial charge in [-0.3, -0.25) is 9.36 Å². The number of rotatable bonds is 7. The number of furan rings is 1. The van der Waals surface area contributed by atoms with Crippen LogP contribution in [0.25, 0.3) is 6.08 Å². The standard InChI is InChI=1S/C29H21ClN2O6S/c1-3-14-37-28(35)24-17(2)31-29-32(26(33)23(39-29)16-18-6-10-20(30)11-7-18)25(24)19-8-12-21(13-9-19)38-27(34)22-5-4-15-36-22/h3-13,15-16,25H,1,14H2,2H3/b23-16+/t25-/m0/s1. The van der Waals surface area contributed by atoms with Crippen LogP contribution in [-0.2, 0) is 9.53 Å². The van der Waals surface area contributed by atoms with Crippen LogP contribution in [0.2, 0.25) is 5.02 Å². The Hall–Kier alpha value is -4.47. The van der Waals surface area contributed by atoms with Gasteiger partial charge in [0, 0.05) is 5.02 Å². The molecule has 0 amide bonds. The molecule has 1 aliphatic rings. The van der Waals surface area contributed by atoms with Crippen LogP contribution < -0.4 is 19.6 Å². The molecule has 0 N–H and O–H groups in total. The second-order valence-electron chi connectivity index (χ2n) is 8.46. The zero-order valence-corrected chi connectivity index (χ0v) is 22.2. The lowest BCUT2D eigenvalue weighted by molar-refractivity contribution is -0.138. The number of carbonyl (C=O) groups is 2. The number of aromatic nitrogens is 1. The van der Waals surface area contributed by atoms with Gasteiger partial charge in [0.25, 0.3) is 5.56 Å². The summed E-state index contributed by atoms with van der Waals surface area (Å²) in [6, 6.07) is 15.9. The van der Waals surface area contributed by atoms with Gasteiger partial charge in [0.2, 0.25) is 5.76 Å². The first-order valence-corrected chi connectivity index (χ1v) is 13.0. The summed E-state index contributed by atoms with van der Waals surface area (Å²) in [6.07, 6.45) is 4.60. The van der Waals surface area contributed by atoms with E-state index in [0.29, 0.717) is 25.6 Å². The highest BCUT2D eigenvalue weighted by Gasteiger charge is 2.33. The number of fused-ring (bicyclic) bond motifs is 1. The predicted molar refractivity (Wildman–Crippen MR) is 146 cm³/mol. The molecule has 3 heterocycles. The van der Waals surface area contributed by atoms with Gasteiger partial charge in [-0.05, 0) is 60.5 Å². The highest BCUT2D eigenvalue weighted by molar-refractivity contribution is 7.07. The highest BCUT2D eigenvalue weighted by Crippen LogP contribution is 2.31. The van der Waals surface area contributed by atoms with Crippen LogP contribution in [0.4, 0.5) is 0 Å². The first-order chi connectivity index (χ1) is 18.9. The minimum atomic E-state index is -0.819. The lowest BCUT2D eigenvalue weighted by Gasteiger charge is -2.24. The maximum Gasteiger partial charge on any atom is 0.379 e. The summed E-state index contributed by atoms with van der Waals surface area (Å²) in [5, 5.41) is 0.588. The van der Waals surface area contributed by atoms with Crippen LogP contribution in [0.3, 0.4) is 0 Å². The second-order valence-corrected chi connectivity index (χ2v) is 9.90. The molecule has 2 aromatic heterocycles. The van der Waals surface area contributed by atoms with E-state index in [1.807, 2.05) is 12.1 Å². The van der Waals surface area contributed by atoms with Crippen molar-refractivity contribution in [2.24, 2.45) is 4.99 Å². The Bertz CT molecular complexity index is 1760. The van der Waals surface area contributed by atoms with Gasteiger partial charge in [0.1, 0.15) is 12.4 Å². The van der Waals surface area contributed by atoms with E-state index >= 15 is 0 Å². The van der Waals surface area contributed by atoms with E-state index in [4.69, 9.17) is 25.5 Å². The minimum absolute atomic E-state index is 0.00495. The summed E-state index contributed by atoms with van der Waals surface area (Å²) < 4.78 is 17.7. The molecule has 4 aromatic rings. The smallest absolute Gasteiger partial charge is 0.379 e. The molecule has 1 aliphatic heterocycles.